The second-order valence-electron chi connectivity index (χ2n) is 6.76. The van der Waals surface area contributed by atoms with E-state index in [1.54, 1.807) is 0 Å². The SMILES string of the molecule is C=C(C)c1ccc(/C(F)=C/C(c2cc(Cl)c(Cl)c(Cl)c2)C(F)(F)F)cc1C(C)(F)F. The van der Waals surface area contributed by atoms with Gasteiger partial charge in [-0.25, -0.2) is 13.2 Å². The third kappa shape index (κ3) is 5.54. The molecule has 0 nitrogen and oxygen atoms in total. The van der Waals surface area contributed by atoms with Gasteiger partial charge in [-0.2, -0.15) is 13.2 Å². The molecule has 0 saturated heterocycles. The minimum Gasteiger partial charge on any atom is -0.207 e. The number of hydrogen-bond acceptors (Lipinski definition) is 0. The van der Waals surface area contributed by atoms with Crippen LogP contribution in [-0.2, 0) is 5.92 Å². The number of halogens is 9. The van der Waals surface area contributed by atoms with Gasteiger partial charge in [0.15, 0.2) is 0 Å². The molecule has 0 heterocycles. The molecule has 0 amide bonds. The van der Waals surface area contributed by atoms with Gasteiger partial charge in [-0.05, 0) is 42.3 Å². The normalized spacial score (nSPS) is 14.0. The van der Waals surface area contributed by atoms with Gasteiger partial charge in [-0.3, -0.25) is 0 Å². The third-order valence-corrected chi connectivity index (χ3v) is 5.46. The van der Waals surface area contributed by atoms with Crippen molar-refractivity contribution in [2.75, 3.05) is 0 Å². The fourth-order valence-corrected chi connectivity index (χ4v) is 3.42. The average molecular weight is 488 g/mol. The molecule has 2 aromatic carbocycles. The van der Waals surface area contributed by atoms with Crippen LogP contribution in [0.2, 0.25) is 15.1 Å². The maximum atomic E-state index is 14.8. The van der Waals surface area contributed by atoms with E-state index in [1.165, 1.54) is 13.0 Å². The van der Waals surface area contributed by atoms with Gasteiger partial charge in [0, 0.05) is 18.1 Å². The highest BCUT2D eigenvalue weighted by molar-refractivity contribution is 6.48. The number of rotatable bonds is 5. The predicted molar refractivity (Wildman–Crippen MR) is 110 cm³/mol. The lowest BCUT2D eigenvalue weighted by molar-refractivity contribution is -0.139. The molecule has 0 aliphatic heterocycles. The van der Waals surface area contributed by atoms with E-state index in [2.05, 4.69) is 6.58 Å². The van der Waals surface area contributed by atoms with E-state index >= 15 is 0 Å². The topological polar surface area (TPSA) is 0 Å². The molecule has 0 bridgehead atoms. The molecule has 30 heavy (non-hydrogen) atoms. The monoisotopic (exact) mass is 486 g/mol. The van der Waals surface area contributed by atoms with E-state index in [1.807, 2.05) is 0 Å². The Kier molecular flexibility index (Phi) is 7.27. The van der Waals surface area contributed by atoms with E-state index < -0.39 is 40.5 Å². The molecule has 162 valence electrons. The Labute approximate surface area is 184 Å². The quantitative estimate of drug-likeness (QED) is 0.291. The predicted octanol–water partition coefficient (Wildman–Crippen LogP) is 9.45. The zero-order chi connectivity index (χ0) is 23.0. The summed E-state index contributed by atoms with van der Waals surface area (Å²) in [5, 5.41) is -0.612. The van der Waals surface area contributed by atoms with Crippen LogP contribution in [0.15, 0.2) is 43.0 Å². The smallest absolute Gasteiger partial charge is 0.207 e. The molecular formula is C21H15Cl3F6. The first kappa shape index (κ1) is 24.6. The van der Waals surface area contributed by atoms with Crippen LogP contribution >= 0.6 is 34.8 Å². The summed E-state index contributed by atoms with van der Waals surface area (Å²) in [6.45, 7) is 5.69. The molecule has 2 rings (SSSR count). The number of alkyl halides is 5. The minimum absolute atomic E-state index is 0.0858. The van der Waals surface area contributed by atoms with Gasteiger partial charge in [-0.1, -0.05) is 59.1 Å². The average Bonchev–Trinajstić information content (AvgIpc) is 2.61. The van der Waals surface area contributed by atoms with Crippen LogP contribution in [0.25, 0.3) is 11.4 Å². The summed E-state index contributed by atoms with van der Waals surface area (Å²) < 4.78 is 83.6. The van der Waals surface area contributed by atoms with Crippen LogP contribution in [0.5, 0.6) is 0 Å². The number of allylic oxidation sites excluding steroid dienone is 2. The molecule has 0 N–H and O–H groups in total. The Bertz CT molecular complexity index is 980. The lowest BCUT2D eigenvalue weighted by Crippen LogP contribution is -2.19. The molecule has 0 saturated carbocycles. The molecule has 2 aromatic rings. The minimum atomic E-state index is -4.91. The Hall–Kier alpha value is -1.63. The molecule has 9 heteroatoms. The summed E-state index contributed by atoms with van der Waals surface area (Å²) in [4.78, 5) is 0. The van der Waals surface area contributed by atoms with Crippen molar-refractivity contribution in [1.29, 1.82) is 0 Å². The van der Waals surface area contributed by atoms with Crippen molar-refractivity contribution in [1.82, 2.24) is 0 Å². The molecule has 0 aliphatic rings. The molecule has 0 spiro atoms. The van der Waals surface area contributed by atoms with Gasteiger partial charge < -0.3 is 0 Å². The largest absolute Gasteiger partial charge is 0.399 e. The van der Waals surface area contributed by atoms with E-state index in [-0.39, 0.29) is 26.7 Å². The highest BCUT2D eigenvalue weighted by Gasteiger charge is 2.40. The van der Waals surface area contributed by atoms with Crippen LogP contribution in [0, 0.1) is 0 Å². The Morgan fingerprint density at radius 3 is 1.97 bits per heavy atom. The zero-order valence-electron chi connectivity index (χ0n) is 15.7. The van der Waals surface area contributed by atoms with Crippen LogP contribution in [-0.4, -0.2) is 6.18 Å². The van der Waals surface area contributed by atoms with Crippen molar-refractivity contribution in [2.45, 2.75) is 31.9 Å². The van der Waals surface area contributed by atoms with Crippen molar-refractivity contribution >= 4 is 46.2 Å². The van der Waals surface area contributed by atoms with Crippen molar-refractivity contribution in [3.05, 3.63) is 80.3 Å². The first-order valence-electron chi connectivity index (χ1n) is 8.40. The van der Waals surface area contributed by atoms with Crippen molar-refractivity contribution in [3.8, 4) is 0 Å². The van der Waals surface area contributed by atoms with Crippen LogP contribution in [0.4, 0.5) is 26.3 Å². The van der Waals surface area contributed by atoms with Crippen molar-refractivity contribution in [3.63, 3.8) is 0 Å². The maximum Gasteiger partial charge on any atom is 0.399 e. The maximum absolute atomic E-state index is 14.8. The van der Waals surface area contributed by atoms with Gasteiger partial charge in [0.2, 0.25) is 0 Å². The van der Waals surface area contributed by atoms with Gasteiger partial charge in [0.05, 0.1) is 15.1 Å². The first-order valence-corrected chi connectivity index (χ1v) is 9.53. The van der Waals surface area contributed by atoms with E-state index in [0.29, 0.717) is 12.5 Å². The molecule has 0 aromatic heterocycles. The van der Waals surface area contributed by atoms with Gasteiger partial charge in [0.1, 0.15) is 11.7 Å². The second kappa shape index (κ2) is 8.85. The standard InChI is InChI=1S/C21H15Cl3F6/c1-10(2)13-5-4-11(6-15(13)20(3,26)27)18(25)9-14(21(28,29)30)12-7-16(22)19(24)17(23)8-12/h4-9,14H,1H2,2-3H3/b18-9-. The van der Waals surface area contributed by atoms with Crippen LogP contribution in [0.3, 0.4) is 0 Å². The van der Waals surface area contributed by atoms with E-state index in [9.17, 15) is 26.3 Å². The fourth-order valence-electron chi connectivity index (χ4n) is 2.81. The molecule has 0 fully saturated rings. The van der Waals surface area contributed by atoms with Gasteiger partial charge in [-0.15, -0.1) is 0 Å². The van der Waals surface area contributed by atoms with Crippen molar-refractivity contribution in [2.24, 2.45) is 0 Å². The van der Waals surface area contributed by atoms with E-state index in [4.69, 9.17) is 34.8 Å². The number of hydrogen-bond donors (Lipinski definition) is 0. The van der Waals surface area contributed by atoms with Crippen LogP contribution in [0.1, 0.15) is 42.0 Å². The second-order valence-corrected chi connectivity index (χ2v) is 7.95. The Balaban J connectivity index is 2.62. The molecule has 1 unspecified atom stereocenters. The van der Waals surface area contributed by atoms with Gasteiger partial charge in [0.25, 0.3) is 5.92 Å². The highest BCUT2D eigenvalue weighted by Crippen LogP contribution is 2.43. The number of benzene rings is 2. The van der Waals surface area contributed by atoms with E-state index in [0.717, 1.165) is 24.3 Å². The summed E-state index contributed by atoms with van der Waals surface area (Å²) in [5.41, 5.74) is -1.03. The summed E-state index contributed by atoms with van der Waals surface area (Å²) >= 11 is 17.3. The molecule has 0 radical (unpaired) electrons. The summed E-state index contributed by atoms with van der Waals surface area (Å²) in [6, 6.07) is 4.96. The third-order valence-electron chi connectivity index (χ3n) is 4.26. The van der Waals surface area contributed by atoms with Crippen molar-refractivity contribution < 1.29 is 26.3 Å². The first-order chi connectivity index (χ1) is 13.6. The molecule has 1 atom stereocenters. The summed E-state index contributed by atoms with van der Waals surface area (Å²) in [6.07, 6.45) is -4.63. The summed E-state index contributed by atoms with van der Waals surface area (Å²) in [5.74, 6) is -7.12. The fraction of sp³-hybridized carbons (Fsp3) is 0.238. The van der Waals surface area contributed by atoms with Crippen LogP contribution < -0.4 is 0 Å². The Morgan fingerprint density at radius 2 is 1.53 bits per heavy atom. The molecular weight excluding hydrogens is 473 g/mol. The summed E-state index contributed by atoms with van der Waals surface area (Å²) in [7, 11) is 0. The molecule has 0 aliphatic carbocycles. The highest BCUT2D eigenvalue weighted by atomic mass is 35.5. The Morgan fingerprint density at radius 1 is 1.00 bits per heavy atom. The van der Waals surface area contributed by atoms with Gasteiger partial charge >= 0.3 is 6.18 Å². The lowest BCUT2D eigenvalue weighted by Gasteiger charge is -2.20. The lowest BCUT2D eigenvalue weighted by atomic mass is 9.93. The zero-order valence-corrected chi connectivity index (χ0v) is 17.9.